The van der Waals surface area contributed by atoms with Crippen LogP contribution in [0.25, 0.3) is 11.1 Å². The monoisotopic (exact) mass is 381 g/mol. The lowest BCUT2D eigenvalue weighted by molar-refractivity contribution is -0.137. The Labute approximate surface area is 154 Å². The van der Waals surface area contributed by atoms with Crippen molar-refractivity contribution in [3.8, 4) is 11.1 Å². The van der Waals surface area contributed by atoms with Gasteiger partial charge in [-0.3, -0.25) is 0 Å². The summed E-state index contributed by atoms with van der Waals surface area (Å²) in [4.78, 5) is 28.6. The third kappa shape index (κ3) is 4.45. The molecule has 0 fully saturated rings. The number of ether oxygens (including phenoxy) is 2. The number of rotatable bonds is 5. The Morgan fingerprint density at radius 1 is 1.07 bits per heavy atom. The van der Waals surface area contributed by atoms with Crippen molar-refractivity contribution in [2.45, 2.75) is 26.4 Å². The van der Waals surface area contributed by atoms with Gasteiger partial charge in [-0.2, -0.15) is 13.2 Å². The minimum atomic E-state index is -4.48. The van der Waals surface area contributed by atoms with Crippen LogP contribution in [0.4, 0.5) is 13.2 Å². The molecule has 144 valence electrons. The maximum absolute atomic E-state index is 12.8. The number of halogens is 3. The lowest BCUT2D eigenvalue weighted by Crippen LogP contribution is -2.15. The molecule has 8 heteroatoms. The summed E-state index contributed by atoms with van der Waals surface area (Å²) in [5.41, 5.74) is 0.0750. The van der Waals surface area contributed by atoms with Gasteiger partial charge < -0.3 is 9.47 Å². The molecule has 0 N–H and O–H groups in total. The number of pyridine rings is 1. The van der Waals surface area contributed by atoms with E-state index >= 15 is 0 Å². The Hall–Kier alpha value is -2.90. The molecule has 0 saturated heterocycles. The normalized spacial score (nSPS) is 11.2. The van der Waals surface area contributed by atoms with Crippen molar-refractivity contribution in [3.05, 3.63) is 52.8 Å². The molecule has 0 amide bonds. The number of nitrogens with zero attached hydrogens (tertiary/aromatic N) is 1. The number of carbonyl (C=O) groups is 2. The molecule has 0 atom stereocenters. The van der Waals surface area contributed by atoms with Crippen LogP contribution in [0.15, 0.2) is 30.3 Å². The van der Waals surface area contributed by atoms with Gasteiger partial charge in [-0.05, 0) is 37.1 Å². The van der Waals surface area contributed by atoms with E-state index in [9.17, 15) is 22.8 Å². The highest BCUT2D eigenvalue weighted by molar-refractivity contribution is 5.99. The smallest absolute Gasteiger partial charge is 0.416 e. The molecule has 0 saturated carbocycles. The van der Waals surface area contributed by atoms with Crippen LogP contribution in [-0.2, 0) is 22.1 Å². The minimum absolute atomic E-state index is 0.0684. The fraction of sp³-hybridized carbons (Fsp3) is 0.316. The zero-order valence-corrected chi connectivity index (χ0v) is 15.0. The van der Waals surface area contributed by atoms with Crippen molar-refractivity contribution in [3.63, 3.8) is 0 Å². The highest BCUT2D eigenvalue weighted by Crippen LogP contribution is 2.32. The number of hydrogen-bond donors (Lipinski definition) is 0. The summed E-state index contributed by atoms with van der Waals surface area (Å²) in [7, 11) is 1.21. The molecule has 1 heterocycles. The lowest BCUT2D eigenvalue weighted by atomic mass is 9.98. The van der Waals surface area contributed by atoms with Gasteiger partial charge in [-0.1, -0.05) is 19.1 Å². The van der Waals surface area contributed by atoms with Gasteiger partial charge in [-0.15, -0.1) is 0 Å². The largest absolute Gasteiger partial charge is 0.465 e. The SMILES string of the molecule is CCOC(=O)c1nc(CC)c(C(=O)OC)cc1-c1ccc(C(F)(F)F)cc1. The molecule has 0 unspecified atom stereocenters. The number of carbonyl (C=O) groups excluding carboxylic acids is 2. The molecule has 1 aromatic heterocycles. The standard InChI is InChI=1S/C19H18F3NO4/c1-4-15-14(17(24)26-3)10-13(16(23-15)18(25)27-5-2)11-6-8-12(9-7-11)19(20,21)22/h6-10H,4-5H2,1-3H3. The van der Waals surface area contributed by atoms with Crippen molar-refractivity contribution >= 4 is 11.9 Å². The molecular weight excluding hydrogens is 363 g/mol. The quantitative estimate of drug-likeness (QED) is 0.723. The Bertz CT molecular complexity index is 845. The van der Waals surface area contributed by atoms with E-state index in [-0.39, 0.29) is 23.4 Å². The van der Waals surface area contributed by atoms with Crippen LogP contribution in [0, 0.1) is 0 Å². The summed E-state index contributed by atoms with van der Waals surface area (Å²) < 4.78 is 48.1. The second-order valence-corrected chi connectivity index (χ2v) is 5.52. The van der Waals surface area contributed by atoms with Crippen molar-refractivity contribution < 1.29 is 32.2 Å². The number of aryl methyl sites for hydroxylation is 1. The van der Waals surface area contributed by atoms with Crippen LogP contribution in [0.5, 0.6) is 0 Å². The minimum Gasteiger partial charge on any atom is -0.465 e. The van der Waals surface area contributed by atoms with Gasteiger partial charge in [0, 0.05) is 5.56 Å². The van der Waals surface area contributed by atoms with E-state index in [1.54, 1.807) is 13.8 Å². The first-order valence-corrected chi connectivity index (χ1v) is 8.19. The predicted octanol–water partition coefficient (Wildman–Crippen LogP) is 4.29. The molecular formula is C19H18F3NO4. The van der Waals surface area contributed by atoms with Gasteiger partial charge in [0.05, 0.1) is 30.5 Å². The number of hydrogen-bond acceptors (Lipinski definition) is 5. The molecule has 27 heavy (non-hydrogen) atoms. The van der Waals surface area contributed by atoms with Crippen LogP contribution in [0.2, 0.25) is 0 Å². The lowest BCUT2D eigenvalue weighted by Gasteiger charge is -2.14. The van der Waals surface area contributed by atoms with Gasteiger partial charge in [0.1, 0.15) is 0 Å². The summed E-state index contributed by atoms with van der Waals surface area (Å²) in [6.07, 6.45) is -4.13. The van der Waals surface area contributed by atoms with Crippen LogP contribution >= 0.6 is 0 Å². The number of methoxy groups -OCH3 is 1. The summed E-state index contributed by atoms with van der Waals surface area (Å²) >= 11 is 0. The molecule has 0 aliphatic rings. The van der Waals surface area contributed by atoms with E-state index in [4.69, 9.17) is 9.47 Å². The van der Waals surface area contributed by atoms with E-state index in [0.717, 1.165) is 12.1 Å². The molecule has 0 radical (unpaired) electrons. The molecule has 2 aromatic rings. The Morgan fingerprint density at radius 2 is 1.70 bits per heavy atom. The Morgan fingerprint density at radius 3 is 2.19 bits per heavy atom. The maximum atomic E-state index is 12.8. The van der Waals surface area contributed by atoms with Gasteiger partial charge >= 0.3 is 18.1 Å². The highest BCUT2D eigenvalue weighted by atomic mass is 19.4. The van der Waals surface area contributed by atoms with E-state index in [1.165, 1.54) is 25.3 Å². The third-order valence-corrected chi connectivity index (χ3v) is 3.83. The summed E-state index contributed by atoms with van der Waals surface area (Å²) in [6, 6.07) is 5.63. The molecule has 1 aromatic carbocycles. The second kappa shape index (κ2) is 8.20. The number of aromatic nitrogens is 1. The molecule has 0 aliphatic carbocycles. The number of alkyl halides is 3. The Kier molecular flexibility index (Phi) is 6.20. The molecule has 5 nitrogen and oxygen atoms in total. The van der Waals surface area contributed by atoms with Crippen molar-refractivity contribution in [1.82, 2.24) is 4.98 Å². The summed E-state index contributed by atoms with van der Waals surface area (Å²) in [5.74, 6) is -1.37. The molecule has 0 aliphatic heterocycles. The topological polar surface area (TPSA) is 65.5 Å². The van der Waals surface area contributed by atoms with Crippen LogP contribution < -0.4 is 0 Å². The van der Waals surface area contributed by atoms with Gasteiger partial charge in [0.2, 0.25) is 0 Å². The fourth-order valence-electron chi connectivity index (χ4n) is 2.52. The van der Waals surface area contributed by atoms with E-state index < -0.39 is 23.7 Å². The number of esters is 2. The zero-order chi connectivity index (χ0) is 20.2. The van der Waals surface area contributed by atoms with Crippen molar-refractivity contribution in [2.24, 2.45) is 0 Å². The van der Waals surface area contributed by atoms with Crippen LogP contribution in [0.3, 0.4) is 0 Å². The first-order valence-electron chi connectivity index (χ1n) is 8.19. The van der Waals surface area contributed by atoms with Crippen LogP contribution in [-0.4, -0.2) is 30.6 Å². The average Bonchev–Trinajstić information content (AvgIpc) is 2.65. The second-order valence-electron chi connectivity index (χ2n) is 5.52. The zero-order valence-electron chi connectivity index (χ0n) is 15.0. The highest BCUT2D eigenvalue weighted by Gasteiger charge is 2.30. The average molecular weight is 381 g/mol. The molecule has 0 bridgehead atoms. The van der Waals surface area contributed by atoms with Gasteiger partial charge in [0.15, 0.2) is 5.69 Å². The van der Waals surface area contributed by atoms with Gasteiger partial charge in [0.25, 0.3) is 0 Å². The maximum Gasteiger partial charge on any atom is 0.416 e. The van der Waals surface area contributed by atoms with Crippen LogP contribution in [0.1, 0.15) is 46.0 Å². The molecule has 2 rings (SSSR count). The van der Waals surface area contributed by atoms with E-state index in [0.29, 0.717) is 17.7 Å². The first-order chi connectivity index (χ1) is 12.7. The predicted molar refractivity (Wildman–Crippen MR) is 91.3 cm³/mol. The third-order valence-electron chi connectivity index (χ3n) is 3.83. The van der Waals surface area contributed by atoms with E-state index in [1.807, 2.05) is 0 Å². The Balaban J connectivity index is 2.67. The molecule has 0 spiro atoms. The summed E-state index contributed by atoms with van der Waals surface area (Å²) in [5, 5.41) is 0. The van der Waals surface area contributed by atoms with Gasteiger partial charge in [-0.25, -0.2) is 14.6 Å². The number of benzene rings is 1. The van der Waals surface area contributed by atoms with Crippen molar-refractivity contribution in [1.29, 1.82) is 0 Å². The van der Waals surface area contributed by atoms with Crippen molar-refractivity contribution in [2.75, 3.05) is 13.7 Å². The fourth-order valence-corrected chi connectivity index (χ4v) is 2.52. The van der Waals surface area contributed by atoms with E-state index in [2.05, 4.69) is 4.98 Å². The first kappa shape index (κ1) is 20.4. The summed E-state index contributed by atoms with van der Waals surface area (Å²) in [6.45, 7) is 3.48.